The molecule has 4 aromatic rings. The molecule has 2 aromatic carbocycles. The lowest BCUT2D eigenvalue weighted by atomic mass is 10.1. The quantitative estimate of drug-likeness (QED) is 0.205. The van der Waals surface area contributed by atoms with Gasteiger partial charge in [-0.25, -0.2) is 14.5 Å². The van der Waals surface area contributed by atoms with E-state index in [9.17, 15) is 9.36 Å². The number of rotatable bonds is 12. The average Bonchev–Trinajstić information content (AvgIpc) is 3.33. The van der Waals surface area contributed by atoms with Crippen molar-refractivity contribution in [2.24, 2.45) is 0 Å². The predicted molar refractivity (Wildman–Crippen MR) is 161 cm³/mol. The number of imidazole rings is 1. The van der Waals surface area contributed by atoms with Crippen LogP contribution in [0.15, 0.2) is 48.5 Å². The number of likely N-dealkylation sites (N-methyl/N-ethyl adjacent to an activating group) is 1. The highest BCUT2D eigenvalue weighted by molar-refractivity contribution is 7.52. The number of amides is 1. The van der Waals surface area contributed by atoms with E-state index in [4.69, 9.17) is 36.1 Å². The van der Waals surface area contributed by atoms with Crippen LogP contribution >= 0.6 is 19.3 Å². The molecule has 11 nitrogen and oxygen atoms in total. The van der Waals surface area contributed by atoms with Gasteiger partial charge in [0.1, 0.15) is 23.7 Å². The minimum atomic E-state index is -4.10. The third-order valence-electron chi connectivity index (χ3n) is 6.42. The molecule has 13 heteroatoms. The topological polar surface area (TPSA) is 134 Å². The van der Waals surface area contributed by atoms with E-state index in [1.54, 1.807) is 45.3 Å². The second kappa shape index (κ2) is 12.3. The zero-order chi connectivity index (χ0) is 29.9. The largest absolute Gasteiger partial charge is 0.459 e. The third kappa shape index (κ3) is 6.82. The Labute approximate surface area is 244 Å². The molecule has 4 rings (SSSR count). The molecule has 0 radical (unpaired) electrons. The molecule has 1 unspecified atom stereocenters. The first-order valence-electron chi connectivity index (χ1n) is 13.2. The van der Waals surface area contributed by atoms with Gasteiger partial charge in [0.15, 0.2) is 5.82 Å². The van der Waals surface area contributed by atoms with Crippen molar-refractivity contribution in [3.8, 4) is 5.75 Å². The summed E-state index contributed by atoms with van der Waals surface area (Å²) in [7, 11) is -0.870. The number of halogens is 1. The van der Waals surface area contributed by atoms with Crippen LogP contribution in [0.3, 0.4) is 0 Å². The van der Waals surface area contributed by atoms with Crippen LogP contribution in [0.4, 0.5) is 5.82 Å². The Balaban J connectivity index is 1.75. The lowest BCUT2D eigenvalue weighted by molar-refractivity contribution is -0.130. The van der Waals surface area contributed by atoms with Gasteiger partial charge in [0, 0.05) is 31.1 Å². The van der Waals surface area contributed by atoms with Crippen LogP contribution in [0.25, 0.3) is 21.9 Å². The van der Waals surface area contributed by atoms with Crippen molar-refractivity contribution in [3.05, 3.63) is 59.4 Å². The van der Waals surface area contributed by atoms with Crippen LogP contribution in [0.1, 0.15) is 33.5 Å². The van der Waals surface area contributed by atoms with Crippen LogP contribution in [-0.2, 0) is 30.8 Å². The number of para-hydroxylation sites is 1. The van der Waals surface area contributed by atoms with Crippen molar-refractivity contribution in [3.63, 3.8) is 0 Å². The minimum Gasteiger partial charge on any atom is -0.413 e. The van der Waals surface area contributed by atoms with Crippen LogP contribution in [0.5, 0.6) is 5.75 Å². The summed E-state index contributed by atoms with van der Waals surface area (Å²) in [5.74, 6) is 0.878. The van der Waals surface area contributed by atoms with E-state index in [-0.39, 0.29) is 24.9 Å². The van der Waals surface area contributed by atoms with Crippen molar-refractivity contribution in [2.75, 3.05) is 33.0 Å². The number of fused-ring (bicyclic) bond motifs is 3. The van der Waals surface area contributed by atoms with Gasteiger partial charge in [0.2, 0.25) is 5.91 Å². The number of anilines is 1. The van der Waals surface area contributed by atoms with Gasteiger partial charge >= 0.3 is 7.75 Å². The average molecular weight is 603 g/mol. The van der Waals surface area contributed by atoms with E-state index < -0.39 is 19.3 Å². The molecule has 0 aliphatic rings. The summed E-state index contributed by atoms with van der Waals surface area (Å²) in [4.78, 5) is 23.3. The number of carbonyl (C=O) groups excluding carboxylic acids is 1. The number of nitrogen functional groups attached to an aromatic ring is 1. The molecule has 220 valence electrons. The molecule has 2 heterocycles. The number of benzene rings is 2. The predicted octanol–water partition coefficient (Wildman–Crippen LogP) is 5.36. The van der Waals surface area contributed by atoms with Gasteiger partial charge in [0.05, 0.1) is 29.2 Å². The Hall–Kier alpha value is -3.21. The summed E-state index contributed by atoms with van der Waals surface area (Å²) in [5, 5.41) is 4.13. The summed E-state index contributed by atoms with van der Waals surface area (Å²) in [6.45, 7) is 7.97. The minimum absolute atomic E-state index is 0.0884. The summed E-state index contributed by atoms with van der Waals surface area (Å²) >= 11 is 6.02. The molecule has 0 spiro atoms. The Bertz CT molecular complexity index is 1590. The normalized spacial score (nSPS) is 14.2. The van der Waals surface area contributed by atoms with Gasteiger partial charge in [0.25, 0.3) is 0 Å². The van der Waals surface area contributed by atoms with E-state index in [0.717, 1.165) is 10.9 Å². The van der Waals surface area contributed by atoms with Crippen molar-refractivity contribution >= 4 is 53.0 Å². The first-order chi connectivity index (χ1) is 19.3. The number of nitrogens with two attached hydrogens (primary N) is 1. The highest BCUT2D eigenvalue weighted by Crippen LogP contribution is 2.47. The van der Waals surface area contributed by atoms with E-state index in [1.165, 1.54) is 4.90 Å². The Morgan fingerprint density at radius 3 is 2.51 bits per heavy atom. The molecule has 0 aliphatic heterocycles. The second-order valence-corrected chi connectivity index (χ2v) is 12.6. The molecule has 0 fully saturated rings. The first-order valence-corrected chi connectivity index (χ1v) is 15.1. The van der Waals surface area contributed by atoms with Crippen LogP contribution in [-0.4, -0.2) is 58.7 Å². The SMILES string of the molecule is CCOCc1nc2c(N)nc3ccccc3c2n1C(C)(C)COP(=O)(N[C@@H](C)C(=O)N(C)C)Oc1ccc(Cl)cc1. The highest BCUT2D eigenvalue weighted by Gasteiger charge is 2.37. The smallest absolute Gasteiger partial charge is 0.413 e. The fourth-order valence-electron chi connectivity index (χ4n) is 4.50. The number of hydrogen-bond acceptors (Lipinski definition) is 8. The fourth-order valence-corrected chi connectivity index (χ4v) is 6.28. The second-order valence-electron chi connectivity index (χ2n) is 10.4. The molecular weight excluding hydrogens is 567 g/mol. The van der Waals surface area contributed by atoms with E-state index in [1.807, 2.05) is 49.6 Å². The Morgan fingerprint density at radius 2 is 1.85 bits per heavy atom. The van der Waals surface area contributed by atoms with Crippen molar-refractivity contribution < 1.29 is 23.1 Å². The van der Waals surface area contributed by atoms with Gasteiger partial charge in [-0.3, -0.25) is 9.32 Å². The maximum Gasteiger partial charge on any atom is 0.459 e. The van der Waals surface area contributed by atoms with Crippen molar-refractivity contribution in [1.82, 2.24) is 24.5 Å². The number of pyridine rings is 1. The maximum atomic E-state index is 14.2. The first kappa shape index (κ1) is 30.7. The molecule has 3 N–H and O–H groups in total. The molecule has 1 amide bonds. The summed E-state index contributed by atoms with van der Waals surface area (Å²) in [6, 6.07) is 13.2. The van der Waals surface area contributed by atoms with Gasteiger partial charge in [-0.15, -0.1) is 0 Å². The number of nitrogens with one attached hydrogen (secondary N) is 1. The lowest BCUT2D eigenvalue weighted by Gasteiger charge is -2.32. The van der Waals surface area contributed by atoms with Gasteiger partial charge in [-0.05, 0) is 58.0 Å². The zero-order valence-corrected chi connectivity index (χ0v) is 25.7. The number of aromatic nitrogens is 3. The summed E-state index contributed by atoms with van der Waals surface area (Å²) < 4.78 is 33.8. The van der Waals surface area contributed by atoms with Crippen LogP contribution in [0, 0.1) is 0 Å². The molecule has 0 saturated heterocycles. The monoisotopic (exact) mass is 602 g/mol. The highest BCUT2D eigenvalue weighted by atomic mass is 35.5. The van der Waals surface area contributed by atoms with Gasteiger partial charge in [-0.2, -0.15) is 5.09 Å². The molecule has 2 atom stereocenters. The third-order valence-corrected chi connectivity index (χ3v) is 8.30. The molecular formula is C28H36ClN6O5P. The molecule has 0 bridgehead atoms. The summed E-state index contributed by atoms with van der Waals surface area (Å²) in [5.41, 5.74) is 7.52. The zero-order valence-electron chi connectivity index (χ0n) is 24.1. The molecule has 0 saturated carbocycles. The Kier molecular flexibility index (Phi) is 9.25. The van der Waals surface area contributed by atoms with Crippen molar-refractivity contribution in [2.45, 2.75) is 45.9 Å². The van der Waals surface area contributed by atoms with Crippen molar-refractivity contribution in [1.29, 1.82) is 0 Å². The van der Waals surface area contributed by atoms with Crippen LogP contribution in [0.2, 0.25) is 5.02 Å². The van der Waals surface area contributed by atoms with E-state index in [2.05, 4.69) is 10.1 Å². The number of carbonyl (C=O) groups is 1. The van der Waals surface area contributed by atoms with Gasteiger partial charge in [-0.1, -0.05) is 29.8 Å². The molecule has 0 aliphatic carbocycles. The number of hydrogen-bond donors (Lipinski definition) is 2. The van der Waals surface area contributed by atoms with E-state index >= 15 is 0 Å². The van der Waals surface area contributed by atoms with Gasteiger partial charge < -0.3 is 24.5 Å². The molecule has 41 heavy (non-hydrogen) atoms. The van der Waals surface area contributed by atoms with Crippen LogP contribution < -0.4 is 15.3 Å². The maximum absolute atomic E-state index is 14.2. The Morgan fingerprint density at radius 1 is 1.17 bits per heavy atom. The number of ether oxygens (including phenoxy) is 1. The standard InChI is InChI=1S/C28H36ClN6O5P/c1-7-38-16-23-32-24-25(21-10-8-9-11-22(21)31-26(24)30)35(23)28(3,4)17-39-41(37,33-18(2)27(36)34(5)6)40-20-14-12-19(29)13-15-20/h8-15,18H,7,16-17H2,1-6H3,(H2,30,31)(H,33,37)/t18-,41?/m0/s1. The molecule has 2 aromatic heterocycles. The number of nitrogens with zero attached hydrogens (tertiary/aromatic N) is 4. The lowest BCUT2D eigenvalue weighted by Crippen LogP contribution is -2.42. The fraction of sp³-hybridized carbons (Fsp3) is 0.393. The van der Waals surface area contributed by atoms with E-state index in [0.29, 0.717) is 34.3 Å². The summed E-state index contributed by atoms with van der Waals surface area (Å²) in [6.07, 6.45) is 0.